The van der Waals surface area contributed by atoms with Crippen LogP contribution in [0, 0.1) is 5.92 Å². The van der Waals surface area contributed by atoms with Crippen LogP contribution in [0.25, 0.3) is 0 Å². The summed E-state index contributed by atoms with van der Waals surface area (Å²) in [6.07, 6.45) is 1.15. The zero-order valence-electron chi connectivity index (χ0n) is 11.1. The number of nitrogens with zero attached hydrogens (tertiary/aromatic N) is 1. The van der Waals surface area contributed by atoms with Crippen molar-refractivity contribution in [2.24, 2.45) is 16.8 Å². The van der Waals surface area contributed by atoms with E-state index in [0.29, 0.717) is 23.8 Å². The minimum Gasteiger partial charge on any atom is -0.352 e. The molecular weight excluding hydrogens is 224 g/mol. The summed E-state index contributed by atoms with van der Waals surface area (Å²) in [4.78, 5) is 4.42. The van der Waals surface area contributed by atoms with Gasteiger partial charge in [-0.3, -0.25) is 10.4 Å². The minimum atomic E-state index is 0.453. The third kappa shape index (κ3) is 3.47. The molecule has 4 nitrogen and oxygen atoms in total. The Hall–Kier alpha value is -1.55. The Balaban J connectivity index is 1.86. The van der Waals surface area contributed by atoms with Crippen molar-refractivity contribution in [2.45, 2.75) is 32.2 Å². The van der Waals surface area contributed by atoms with Crippen LogP contribution in [0.5, 0.6) is 0 Å². The number of guanidine groups is 1. The van der Waals surface area contributed by atoms with E-state index in [2.05, 4.69) is 53.8 Å². The minimum absolute atomic E-state index is 0.453. The average Bonchev–Trinajstić information content (AvgIpc) is 3.14. The van der Waals surface area contributed by atoms with Crippen LogP contribution in [-0.4, -0.2) is 18.5 Å². The maximum atomic E-state index is 5.48. The molecule has 2 rings (SSSR count). The standard InChI is InChI=1S/C14H22N4/c1-10(2)9-16-14(18-15)17-13-8-12(13)11-6-4-3-5-7-11/h3-7,10,12-13H,8-9,15H2,1-2H3,(H2,16,17,18). The molecule has 2 atom stereocenters. The molecule has 0 spiro atoms. The summed E-state index contributed by atoms with van der Waals surface area (Å²) in [5.41, 5.74) is 4.02. The topological polar surface area (TPSA) is 62.4 Å². The van der Waals surface area contributed by atoms with Crippen molar-refractivity contribution >= 4 is 5.96 Å². The van der Waals surface area contributed by atoms with Gasteiger partial charge in [-0.1, -0.05) is 44.2 Å². The smallest absolute Gasteiger partial charge is 0.205 e. The van der Waals surface area contributed by atoms with Crippen LogP contribution in [0.2, 0.25) is 0 Å². The first-order valence-electron chi connectivity index (χ1n) is 6.53. The molecule has 0 aromatic heterocycles. The summed E-state index contributed by atoms with van der Waals surface area (Å²) >= 11 is 0. The van der Waals surface area contributed by atoms with E-state index in [9.17, 15) is 0 Å². The van der Waals surface area contributed by atoms with Crippen molar-refractivity contribution in [2.75, 3.05) is 6.54 Å². The first kappa shape index (κ1) is 12.9. The molecule has 1 aliphatic rings. The first-order chi connectivity index (χ1) is 8.70. The highest BCUT2D eigenvalue weighted by Crippen LogP contribution is 2.40. The van der Waals surface area contributed by atoms with Crippen LogP contribution in [-0.2, 0) is 0 Å². The van der Waals surface area contributed by atoms with Crippen molar-refractivity contribution in [1.82, 2.24) is 10.7 Å². The van der Waals surface area contributed by atoms with Crippen LogP contribution < -0.4 is 16.6 Å². The Kier molecular flexibility index (Phi) is 4.20. The second-order valence-electron chi connectivity index (χ2n) is 5.23. The maximum Gasteiger partial charge on any atom is 0.205 e. The first-order valence-corrected chi connectivity index (χ1v) is 6.53. The van der Waals surface area contributed by atoms with E-state index in [-0.39, 0.29) is 0 Å². The van der Waals surface area contributed by atoms with Gasteiger partial charge < -0.3 is 5.32 Å². The van der Waals surface area contributed by atoms with Gasteiger partial charge in [-0.2, -0.15) is 0 Å². The fraction of sp³-hybridized carbons (Fsp3) is 0.500. The lowest BCUT2D eigenvalue weighted by Gasteiger charge is -2.10. The Labute approximate surface area is 109 Å². The van der Waals surface area contributed by atoms with Gasteiger partial charge in [0.2, 0.25) is 5.96 Å². The van der Waals surface area contributed by atoms with Gasteiger partial charge in [-0.15, -0.1) is 0 Å². The zero-order valence-corrected chi connectivity index (χ0v) is 11.1. The van der Waals surface area contributed by atoms with Crippen LogP contribution in [0.3, 0.4) is 0 Å². The normalized spacial score (nSPS) is 23.0. The van der Waals surface area contributed by atoms with Crippen molar-refractivity contribution in [3.63, 3.8) is 0 Å². The van der Waals surface area contributed by atoms with Gasteiger partial charge in [0.25, 0.3) is 0 Å². The quantitative estimate of drug-likeness (QED) is 0.327. The fourth-order valence-electron chi connectivity index (χ4n) is 2.01. The lowest BCUT2D eigenvalue weighted by Crippen LogP contribution is -2.43. The molecule has 1 saturated carbocycles. The van der Waals surface area contributed by atoms with E-state index in [0.717, 1.165) is 13.0 Å². The lowest BCUT2D eigenvalue weighted by molar-refractivity contribution is 0.656. The Morgan fingerprint density at radius 2 is 2.11 bits per heavy atom. The van der Waals surface area contributed by atoms with Crippen LogP contribution in [0.15, 0.2) is 35.3 Å². The molecule has 1 aromatic rings. The van der Waals surface area contributed by atoms with Gasteiger partial charge in [0.05, 0.1) is 0 Å². The van der Waals surface area contributed by atoms with Crippen LogP contribution in [0.4, 0.5) is 0 Å². The number of hydrogen-bond acceptors (Lipinski definition) is 2. The van der Waals surface area contributed by atoms with E-state index in [1.807, 2.05) is 6.07 Å². The average molecular weight is 246 g/mol. The Bertz CT molecular complexity index is 400. The number of hydrogen-bond donors (Lipinski definition) is 3. The molecule has 2 unspecified atom stereocenters. The van der Waals surface area contributed by atoms with E-state index >= 15 is 0 Å². The molecule has 0 heterocycles. The molecule has 0 radical (unpaired) electrons. The predicted octanol–water partition coefficient (Wildman–Crippen LogP) is 1.61. The summed E-state index contributed by atoms with van der Waals surface area (Å²) in [6.45, 7) is 5.07. The van der Waals surface area contributed by atoms with E-state index in [4.69, 9.17) is 5.84 Å². The second kappa shape index (κ2) is 5.87. The van der Waals surface area contributed by atoms with Gasteiger partial charge in [0.1, 0.15) is 0 Å². The third-order valence-electron chi connectivity index (χ3n) is 3.09. The Morgan fingerprint density at radius 3 is 2.72 bits per heavy atom. The molecule has 0 amide bonds. The summed E-state index contributed by atoms with van der Waals surface area (Å²) in [5.74, 6) is 7.30. The van der Waals surface area contributed by atoms with E-state index < -0.39 is 0 Å². The molecule has 4 N–H and O–H groups in total. The molecule has 0 saturated heterocycles. The highest BCUT2D eigenvalue weighted by molar-refractivity contribution is 5.80. The summed E-state index contributed by atoms with van der Waals surface area (Å²) < 4.78 is 0. The van der Waals surface area contributed by atoms with Gasteiger partial charge >= 0.3 is 0 Å². The van der Waals surface area contributed by atoms with Crippen LogP contribution >= 0.6 is 0 Å². The van der Waals surface area contributed by atoms with Gasteiger partial charge in [-0.25, -0.2) is 5.84 Å². The molecule has 18 heavy (non-hydrogen) atoms. The largest absolute Gasteiger partial charge is 0.352 e. The van der Waals surface area contributed by atoms with Gasteiger partial charge in [0, 0.05) is 18.5 Å². The van der Waals surface area contributed by atoms with E-state index in [1.165, 1.54) is 5.56 Å². The molecular formula is C14H22N4. The van der Waals surface area contributed by atoms with Gasteiger partial charge in [0.15, 0.2) is 0 Å². The molecule has 1 fully saturated rings. The predicted molar refractivity (Wildman–Crippen MR) is 75.2 cm³/mol. The monoisotopic (exact) mass is 246 g/mol. The number of nitrogens with one attached hydrogen (secondary N) is 2. The number of aliphatic imine (C=N–C) groups is 1. The molecule has 4 heteroatoms. The molecule has 98 valence electrons. The highest BCUT2D eigenvalue weighted by Gasteiger charge is 2.38. The third-order valence-corrected chi connectivity index (χ3v) is 3.09. The fourth-order valence-corrected chi connectivity index (χ4v) is 2.01. The molecule has 0 aliphatic heterocycles. The number of hydrazine groups is 1. The SMILES string of the molecule is CC(C)CN=C(NN)NC1CC1c1ccccc1. The highest BCUT2D eigenvalue weighted by atomic mass is 15.3. The number of rotatable bonds is 4. The molecule has 1 aliphatic carbocycles. The zero-order chi connectivity index (χ0) is 13.0. The lowest BCUT2D eigenvalue weighted by atomic mass is 10.1. The van der Waals surface area contributed by atoms with Crippen molar-refractivity contribution in [1.29, 1.82) is 0 Å². The Morgan fingerprint density at radius 1 is 1.39 bits per heavy atom. The number of nitrogens with two attached hydrogens (primary N) is 1. The van der Waals surface area contributed by atoms with Crippen molar-refractivity contribution < 1.29 is 0 Å². The van der Waals surface area contributed by atoms with Crippen LogP contribution in [0.1, 0.15) is 31.7 Å². The van der Waals surface area contributed by atoms with Crippen molar-refractivity contribution in [3.05, 3.63) is 35.9 Å². The van der Waals surface area contributed by atoms with Crippen molar-refractivity contribution in [3.8, 4) is 0 Å². The molecule has 1 aromatic carbocycles. The number of benzene rings is 1. The summed E-state index contributed by atoms with van der Waals surface area (Å²) in [5, 5.41) is 3.36. The second-order valence-corrected chi connectivity index (χ2v) is 5.23. The molecule has 0 bridgehead atoms. The van der Waals surface area contributed by atoms with E-state index in [1.54, 1.807) is 0 Å². The summed E-state index contributed by atoms with van der Waals surface area (Å²) in [7, 11) is 0. The van der Waals surface area contributed by atoms with Gasteiger partial charge in [-0.05, 0) is 17.9 Å². The maximum absolute atomic E-state index is 5.48. The summed E-state index contributed by atoms with van der Waals surface area (Å²) in [6, 6.07) is 11.0.